The van der Waals surface area contributed by atoms with Crippen molar-refractivity contribution in [1.29, 1.82) is 0 Å². The van der Waals surface area contributed by atoms with Crippen LogP contribution in [0.2, 0.25) is 5.02 Å². The minimum Gasteiger partial charge on any atom is -0.467 e. The lowest BCUT2D eigenvalue weighted by atomic mass is 9.59. The predicted molar refractivity (Wildman–Crippen MR) is 146 cm³/mol. The molecule has 2 aliphatic carbocycles. The Morgan fingerprint density at radius 1 is 1.03 bits per heavy atom. The largest absolute Gasteiger partial charge is 0.467 e. The number of halogens is 1. The van der Waals surface area contributed by atoms with Crippen LogP contribution in [0, 0.1) is 5.92 Å². The fourth-order valence-electron chi connectivity index (χ4n) is 6.26. The molecule has 1 aliphatic heterocycles. The van der Waals surface area contributed by atoms with Gasteiger partial charge in [-0.15, -0.1) is 0 Å². The third-order valence-corrected chi connectivity index (χ3v) is 8.29. The van der Waals surface area contributed by atoms with E-state index in [1.165, 1.54) is 23.8 Å². The molecular weight excluding hydrogens is 488 g/mol. The molecule has 2 fully saturated rings. The molecule has 1 N–H and O–H groups in total. The Morgan fingerprint density at radius 2 is 1.73 bits per heavy atom. The summed E-state index contributed by atoms with van der Waals surface area (Å²) in [5.74, 6) is 0.0188. The molecule has 1 saturated heterocycles. The minimum absolute atomic E-state index is 0.158. The van der Waals surface area contributed by atoms with Gasteiger partial charge in [-0.05, 0) is 75.8 Å². The number of methoxy groups -OCH3 is 1. The molecule has 0 atom stereocenters. The average Bonchev–Trinajstić information content (AvgIpc) is 3.12. The maximum atomic E-state index is 13.2. The van der Waals surface area contributed by atoms with Crippen LogP contribution in [0.4, 0.5) is 10.5 Å². The number of ether oxygens (including phenoxy) is 2. The van der Waals surface area contributed by atoms with E-state index in [1.54, 1.807) is 4.90 Å². The topological polar surface area (TPSA) is 67.9 Å². The number of hydrogen-bond acceptors (Lipinski definition) is 5. The number of likely N-dealkylation sites (tertiary alicyclic amines) is 1. The highest BCUT2D eigenvalue weighted by Crippen LogP contribution is 2.56. The fraction of sp³-hybridized carbons (Fsp3) is 0.467. The molecule has 0 aromatic heterocycles. The molecule has 1 heterocycles. The molecule has 1 amide bonds. The van der Waals surface area contributed by atoms with Crippen molar-refractivity contribution in [2.45, 2.75) is 63.0 Å². The molecular formula is C30H35ClN2O4. The number of hydrogen-bond donors (Lipinski definition) is 1. The van der Waals surface area contributed by atoms with Crippen molar-refractivity contribution in [1.82, 2.24) is 4.90 Å². The summed E-state index contributed by atoms with van der Waals surface area (Å²) in [5.41, 5.74) is 3.24. The zero-order chi connectivity index (χ0) is 26.4. The molecule has 37 heavy (non-hydrogen) atoms. The van der Waals surface area contributed by atoms with Crippen LogP contribution in [0.5, 0.6) is 0 Å². The lowest BCUT2D eigenvalue weighted by Gasteiger charge is -2.50. The second-order valence-electron chi connectivity index (χ2n) is 11.6. The van der Waals surface area contributed by atoms with Gasteiger partial charge in [-0.1, -0.05) is 53.6 Å². The summed E-state index contributed by atoms with van der Waals surface area (Å²) in [4.78, 5) is 27.5. The molecule has 5 rings (SSSR count). The van der Waals surface area contributed by atoms with Crippen LogP contribution in [0.3, 0.4) is 0 Å². The number of nitrogens with zero attached hydrogens (tertiary/aromatic N) is 1. The van der Waals surface area contributed by atoms with Crippen molar-refractivity contribution < 1.29 is 19.1 Å². The molecule has 0 bridgehead atoms. The number of benzene rings is 2. The second-order valence-corrected chi connectivity index (χ2v) is 12.0. The highest BCUT2D eigenvalue weighted by atomic mass is 35.5. The molecule has 7 heteroatoms. The van der Waals surface area contributed by atoms with E-state index in [-0.39, 0.29) is 23.4 Å². The molecule has 0 unspecified atom stereocenters. The van der Waals surface area contributed by atoms with Crippen LogP contribution >= 0.6 is 11.6 Å². The first-order valence-corrected chi connectivity index (χ1v) is 13.3. The van der Waals surface area contributed by atoms with E-state index < -0.39 is 11.1 Å². The average molecular weight is 523 g/mol. The van der Waals surface area contributed by atoms with Gasteiger partial charge in [-0.25, -0.2) is 9.59 Å². The molecule has 2 aromatic rings. The van der Waals surface area contributed by atoms with Crippen molar-refractivity contribution in [3.8, 4) is 0 Å². The number of esters is 1. The van der Waals surface area contributed by atoms with Crippen LogP contribution in [0.15, 0.2) is 54.1 Å². The standard InChI is InChI=1S/C30H35ClN2O4/c1-28(2,3)37-27(35)33-18-21(19-33)25-16-20-8-5-6-11-24(20)29(25)12-14-30(15-13-29,26(34)36-4)32-23-10-7-9-22(31)17-23/h5-11,16-17,21,32H,12-15,18-19H2,1-4H3. The number of fused-ring (bicyclic) bond motifs is 2. The van der Waals surface area contributed by atoms with Crippen LogP contribution in [-0.2, 0) is 19.7 Å². The molecule has 2 aromatic carbocycles. The van der Waals surface area contributed by atoms with Crippen molar-refractivity contribution in [3.05, 3.63) is 70.3 Å². The van der Waals surface area contributed by atoms with Gasteiger partial charge < -0.3 is 19.7 Å². The summed E-state index contributed by atoms with van der Waals surface area (Å²) in [6.07, 6.45) is 4.93. The Bertz CT molecular complexity index is 1230. The van der Waals surface area contributed by atoms with E-state index in [9.17, 15) is 9.59 Å². The third kappa shape index (κ3) is 4.72. The van der Waals surface area contributed by atoms with E-state index in [4.69, 9.17) is 21.1 Å². The van der Waals surface area contributed by atoms with E-state index in [0.29, 0.717) is 31.0 Å². The van der Waals surface area contributed by atoms with Crippen molar-refractivity contribution >= 4 is 35.4 Å². The number of amides is 1. The first-order chi connectivity index (χ1) is 17.6. The van der Waals surface area contributed by atoms with Gasteiger partial charge in [0.2, 0.25) is 0 Å². The number of carbonyl (C=O) groups excluding carboxylic acids is 2. The Balaban J connectivity index is 1.39. The second kappa shape index (κ2) is 9.39. The number of carbonyl (C=O) groups is 2. The third-order valence-electron chi connectivity index (χ3n) is 8.05. The van der Waals surface area contributed by atoms with Gasteiger partial charge in [-0.3, -0.25) is 0 Å². The lowest BCUT2D eigenvalue weighted by molar-refractivity contribution is -0.147. The summed E-state index contributed by atoms with van der Waals surface area (Å²) < 4.78 is 10.9. The van der Waals surface area contributed by atoms with Crippen LogP contribution in [0.1, 0.15) is 57.6 Å². The van der Waals surface area contributed by atoms with Crippen LogP contribution < -0.4 is 5.32 Å². The van der Waals surface area contributed by atoms with E-state index >= 15 is 0 Å². The Labute approximate surface area is 224 Å². The molecule has 1 saturated carbocycles. The van der Waals surface area contributed by atoms with Crippen LogP contribution in [-0.4, -0.2) is 48.3 Å². The zero-order valence-corrected chi connectivity index (χ0v) is 22.7. The first-order valence-electron chi connectivity index (χ1n) is 13.0. The predicted octanol–water partition coefficient (Wildman–Crippen LogP) is 6.44. The summed E-state index contributed by atoms with van der Waals surface area (Å²) in [6, 6.07) is 16.0. The van der Waals surface area contributed by atoms with Crippen molar-refractivity contribution in [2.75, 3.05) is 25.5 Å². The molecule has 0 radical (unpaired) electrons. The SMILES string of the molecule is COC(=O)C1(Nc2cccc(Cl)c2)CCC2(CC1)C(C1CN(C(=O)OC(C)(C)C)C1)=Cc1ccccc12. The Morgan fingerprint density at radius 3 is 2.38 bits per heavy atom. The lowest BCUT2D eigenvalue weighted by Crippen LogP contribution is -2.56. The van der Waals surface area contributed by atoms with E-state index in [0.717, 1.165) is 18.5 Å². The monoisotopic (exact) mass is 522 g/mol. The van der Waals surface area contributed by atoms with Gasteiger partial charge >= 0.3 is 12.1 Å². The molecule has 196 valence electrons. The maximum absolute atomic E-state index is 13.2. The van der Waals surface area contributed by atoms with Gasteiger partial charge in [0.25, 0.3) is 0 Å². The normalized spacial score (nSPS) is 25.2. The molecule has 3 aliphatic rings. The fourth-order valence-corrected chi connectivity index (χ4v) is 6.45. The summed E-state index contributed by atoms with van der Waals surface area (Å²) in [5, 5.41) is 4.10. The van der Waals surface area contributed by atoms with Gasteiger partial charge in [0, 0.05) is 35.1 Å². The number of rotatable bonds is 4. The van der Waals surface area contributed by atoms with Gasteiger partial charge in [0.05, 0.1) is 7.11 Å². The summed E-state index contributed by atoms with van der Waals surface area (Å²) in [6.45, 7) is 6.97. The Kier molecular flexibility index (Phi) is 6.51. The summed E-state index contributed by atoms with van der Waals surface area (Å²) in [7, 11) is 1.45. The highest BCUT2D eigenvalue weighted by Gasteiger charge is 2.54. The number of anilines is 1. The Hall–Kier alpha value is -2.99. The maximum Gasteiger partial charge on any atom is 0.410 e. The number of nitrogens with one attached hydrogen (secondary N) is 1. The van der Waals surface area contributed by atoms with Crippen molar-refractivity contribution in [3.63, 3.8) is 0 Å². The first kappa shape index (κ1) is 25.7. The van der Waals surface area contributed by atoms with Gasteiger partial charge in [0.1, 0.15) is 11.1 Å². The molecule has 6 nitrogen and oxygen atoms in total. The van der Waals surface area contributed by atoms with E-state index in [1.807, 2.05) is 45.0 Å². The highest BCUT2D eigenvalue weighted by molar-refractivity contribution is 6.30. The smallest absolute Gasteiger partial charge is 0.410 e. The quantitative estimate of drug-likeness (QED) is 0.468. The van der Waals surface area contributed by atoms with E-state index in [2.05, 4.69) is 35.7 Å². The van der Waals surface area contributed by atoms with Crippen LogP contribution in [0.25, 0.3) is 6.08 Å². The zero-order valence-electron chi connectivity index (χ0n) is 22.0. The minimum atomic E-state index is -0.824. The van der Waals surface area contributed by atoms with Gasteiger partial charge in [0.15, 0.2) is 0 Å². The molecule has 1 spiro atoms. The van der Waals surface area contributed by atoms with Crippen molar-refractivity contribution in [2.24, 2.45) is 5.92 Å². The van der Waals surface area contributed by atoms with Gasteiger partial charge in [-0.2, -0.15) is 0 Å². The summed E-state index contributed by atoms with van der Waals surface area (Å²) >= 11 is 6.22.